The molecule has 1 N–H and O–H groups in total. The second-order valence-corrected chi connectivity index (χ2v) is 11.8. The number of unbranched alkanes of at least 4 members (excludes halogenated alkanes) is 1. The van der Waals surface area contributed by atoms with Crippen LogP contribution in [0.1, 0.15) is 58.4 Å². The van der Waals surface area contributed by atoms with Crippen LogP contribution in [-0.4, -0.2) is 37.1 Å². The summed E-state index contributed by atoms with van der Waals surface area (Å²) in [5, 5.41) is -0.921. The zero-order valence-electron chi connectivity index (χ0n) is 19.2. The standard InChI is InChI=1S/C23H35O7PS/c1-4-9-20-10-12-21(13-11-20)30-22-14-17-23(18-15-22,16-7-8-19-32(25,26)27)31(24,28-5-2)29-6-3/h10-15,17H,4-9,16,18-19H2,1-3H3,(H,25,26,27). The molecule has 0 aliphatic heterocycles. The van der Waals surface area contributed by atoms with Crippen LogP contribution in [-0.2, 0) is 30.2 Å². The van der Waals surface area contributed by atoms with E-state index in [-0.39, 0.29) is 25.4 Å². The molecule has 0 radical (unpaired) electrons. The van der Waals surface area contributed by atoms with Crippen molar-refractivity contribution in [2.24, 2.45) is 0 Å². The Labute approximate surface area is 192 Å². The number of benzene rings is 1. The van der Waals surface area contributed by atoms with Crippen LogP contribution < -0.4 is 4.74 Å². The summed E-state index contributed by atoms with van der Waals surface area (Å²) in [6, 6.07) is 7.96. The predicted molar refractivity (Wildman–Crippen MR) is 127 cm³/mol. The summed E-state index contributed by atoms with van der Waals surface area (Å²) < 4.78 is 62.1. The fraction of sp³-hybridized carbons (Fsp3) is 0.565. The third-order valence-electron chi connectivity index (χ3n) is 5.32. The highest BCUT2D eigenvalue weighted by molar-refractivity contribution is 7.85. The van der Waals surface area contributed by atoms with Crippen molar-refractivity contribution < 1.29 is 31.3 Å². The maximum absolute atomic E-state index is 13.7. The van der Waals surface area contributed by atoms with Crippen LogP contribution in [0.3, 0.4) is 0 Å². The van der Waals surface area contributed by atoms with Crippen LogP contribution in [0.4, 0.5) is 0 Å². The largest absolute Gasteiger partial charge is 0.458 e. The third kappa shape index (κ3) is 7.56. The van der Waals surface area contributed by atoms with Crippen molar-refractivity contribution in [1.29, 1.82) is 0 Å². The van der Waals surface area contributed by atoms with Crippen LogP contribution in [0.25, 0.3) is 0 Å². The van der Waals surface area contributed by atoms with Crippen molar-refractivity contribution in [3.63, 3.8) is 0 Å². The molecule has 1 aromatic rings. The predicted octanol–water partition coefficient (Wildman–Crippen LogP) is 5.92. The van der Waals surface area contributed by atoms with E-state index >= 15 is 0 Å². The van der Waals surface area contributed by atoms with Gasteiger partial charge in [0.2, 0.25) is 0 Å². The van der Waals surface area contributed by atoms with Gasteiger partial charge in [-0.3, -0.25) is 9.12 Å². The van der Waals surface area contributed by atoms with Gasteiger partial charge in [-0.15, -0.1) is 0 Å². The molecule has 0 saturated carbocycles. The average molecular weight is 487 g/mol. The maximum Gasteiger partial charge on any atom is 0.340 e. The summed E-state index contributed by atoms with van der Waals surface area (Å²) in [5.74, 6) is 1.03. The minimum atomic E-state index is -4.03. The van der Waals surface area contributed by atoms with E-state index in [4.69, 9.17) is 18.3 Å². The highest BCUT2D eigenvalue weighted by atomic mass is 32.2. The maximum atomic E-state index is 13.7. The second-order valence-electron chi connectivity index (χ2n) is 7.82. The summed E-state index contributed by atoms with van der Waals surface area (Å²) in [7, 11) is -7.56. The molecule has 0 saturated heterocycles. The lowest BCUT2D eigenvalue weighted by Crippen LogP contribution is -2.30. The summed E-state index contributed by atoms with van der Waals surface area (Å²) in [4.78, 5) is 0. The Kier molecular flexibility index (Phi) is 10.2. The zero-order chi connectivity index (χ0) is 23.7. The Balaban J connectivity index is 2.17. The average Bonchev–Trinajstić information content (AvgIpc) is 2.74. The Bertz CT molecular complexity index is 928. The Morgan fingerprint density at radius 1 is 1.06 bits per heavy atom. The van der Waals surface area contributed by atoms with E-state index in [0.717, 1.165) is 18.6 Å². The van der Waals surface area contributed by atoms with E-state index in [1.165, 1.54) is 5.56 Å². The summed E-state index contributed by atoms with van der Waals surface area (Å²) in [6.45, 7) is 6.12. The minimum absolute atomic E-state index is 0.231. The van der Waals surface area contributed by atoms with Crippen molar-refractivity contribution in [1.82, 2.24) is 0 Å². The Morgan fingerprint density at radius 3 is 2.22 bits per heavy atom. The van der Waals surface area contributed by atoms with E-state index in [0.29, 0.717) is 25.0 Å². The van der Waals surface area contributed by atoms with Crippen LogP contribution in [0.2, 0.25) is 0 Å². The molecule has 0 aromatic heterocycles. The van der Waals surface area contributed by atoms with E-state index in [1.807, 2.05) is 36.4 Å². The van der Waals surface area contributed by atoms with Crippen LogP contribution in [0, 0.1) is 0 Å². The molecule has 1 atom stereocenters. The third-order valence-corrected chi connectivity index (χ3v) is 8.96. The van der Waals surface area contributed by atoms with Crippen LogP contribution in [0.15, 0.2) is 48.3 Å². The van der Waals surface area contributed by atoms with E-state index in [2.05, 4.69) is 6.92 Å². The van der Waals surface area contributed by atoms with Gasteiger partial charge < -0.3 is 13.8 Å². The van der Waals surface area contributed by atoms with Crippen molar-refractivity contribution >= 4 is 17.7 Å². The van der Waals surface area contributed by atoms with Crippen LogP contribution in [0.5, 0.6) is 5.75 Å². The van der Waals surface area contributed by atoms with Gasteiger partial charge in [-0.05, 0) is 69.4 Å². The lowest BCUT2D eigenvalue weighted by molar-refractivity contribution is 0.199. The number of ether oxygens (including phenoxy) is 1. The zero-order valence-corrected chi connectivity index (χ0v) is 20.9. The van der Waals surface area contributed by atoms with Gasteiger partial charge in [0.05, 0.1) is 24.1 Å². The lowest BCUT2D eigenvalue weighted by Gasteiger charge is -2.37. The molecule has 2 rings (SSSR count). The highest BCUT2D eigenvalue weighted by Crippen LogP contribution is 2.65. The first-order valence-corrected chi connectivity index (χ1v) is 14.3. The van der Waals surface area contributed by atoms with Gasteiger partial charge in [0.1, 0.15) is 11.5 Å². The first kappa shape index (κ1) is 26.8. The van der Waals surface area contributed by atoms with Crippen molar-refractivity contribution in [3.8, 4) is 5.75 Å². The quantitative estimate of drug-likeness (QED) is 0.198. The van der Waals surface area contributed by atoms with E-state index in [9.17, 15) is 13.0 Å². The smallest absolute Gasteiger partial charge is 0.340 e. The summed E-state index contributed by atoms with van der Waals surface area (Å²) >= 11 is 0. The molecule has 0 heterocycles. The van der Waals surface area contributed by atoms with Gasteiger partial charge in [-0.25, -0.2) is 0 Å². The molecule has 32 heavy (non-hydrogen) atoms. The topological polar surface area (TPSA) is 99.1 Å². The van der Waals surface area contributed by atoms with Gasteiger partial charge in [-0.2, -0.15) is 8.42 Å². The first-order valence-electron chi connectivity index (χ1n) is 11.2. The minimum Gasteiger partial charge on any atom is -0.458 e. The van der Waals surface area contributed by atoms with Gasteiger partial charge in [0, 0.05) is 0 Å². The van der Waals surface area contributed by atoms with Gasteiger partial charge in [0.15, 0.2) is 0 Å². The Hall–Kier alpha value is -1.44. The van der Waals surface area contributed by atoms with Gasteiger partial charge in [-0.1, -0.05) is 38.0 Å². The highest BCUT2D eigenvalue weighted by Gasteiger charge is 2.49. The van der Waals surface area contributed by atoms with Crippen molar-refractivity contribution in [2.75, 3.05) is 19.0 Å². The molecular formula is C23H35O7PS. The van der Waals surface area contributed by atoms with Crippen molar-refractivity contribution in [2.45, 2.75) is 64.5 Å². The molecule has 1 unspecified atom stereocenters. The van der Waals surface area contributed by atoms with Crippen molar-refractivity contribution in [3.05, 3.63) is 53.8 Å². The molecule has 0 bridgehead atoms. The SMILES string of the molecule is CCCc1ccc(OC2=CCC(CCCCS(=O)(=O)O)(P(=O)(OCC)OCC)C=C2)cc1. The van der Waals surface area contributed by atoms with Gasteiger partial charge in [0.25, 0.3) is 10.1 Å². The van der Waals surface area contributed by atoms with Crippen LogP contribution >= 0.6 is 7.60 Å². The molecule has 1 aromatic carbocycles. The number of rotatable bonds is 14. The van der Waals surface area contributed by atoms with Gasteiger partial charge >= 0.3 is 7.60 Å². The fourth-order valence-corrected chi connectivity index (χ4v) is 6.59. The fourth-order valence-electron chi connectivity index (χ4n) is 3.75. The Morgan fingerprint density at radius 2 is 1.72 bits per heavy atom. The molecule has 0 amide bonds. The number of allylic oxidation sites excluding steroid dienone is 3. The summed E-state index contributed by atoms with van der Waals surface area (Å²) in [6.07, 6.45) is 9.02. The number of hydrogen-bond donors (Lipinski definition) is 1. The molecule has 7 nitrogen and oxygen atoms in total. The van der Waals surface area contributed by atoms with E-state index in [1.54, 1.807) is 19.9 Å². The molecule has 0 fully saturated rings. The molecule has 0 spiro atoms. The number of hydrogen-bond acceptors (Lipinski definition) is 6. The molecule has 9 heteroatoms. The summed E-state index contributed by atoms with van der Waals surface area (Å²) in [5.41, 5.74) is 1.26. The normalized spacial score (nSPS) is 19.1. The molecular weight excluding hydrogens is 451 g/mol. The van der Waals surface area contributed by atoms with E-state index < -0.39 is 22.9 Å². The second kappa shape index (κ2) is 12.1. The monoisotopic (exact) mass is 486 g/mol. The first-order chi connectivity index (χ1) is 15.2. The number of aryl methyl sites for hydroxylation is 1. The molecule has 1 aliphatic carbocycles. The molecule has 1 aliphatic rings. The lowest BCUT2D eigenvalue weighted by atomic mass is 9.93. The molecule has 180 valence electrons.